The summed E-state index contributed by atoms with van der Waals surface area (Å²) in [6.07, 6.45) is 10.5. The van der Waals surface area contributed by atoms with Crippen LogP contribution >= 0.6 is 0 Å². The summed E-state index contributed by atoms with van der Waals surface area (Å²) in [6, 6.07) is 0. The summed E-state index contributed by atoms with van der Waals surface area (Å²) >= 11 is 0. The zero-order chi connectivity index (χ0) is 18.4. The molecule has 0 saturated carbocycles. The number of carbonyl (C=O) groups is 3. The maximum absolute atomic E-state index is 12.4. The van der Waals surface area contributed by atoms with Crippen LogP contribution in [-0.2, 0) is 23.9 Å². The molecule has 0 aromatic heterocycles. The van der Waals surface area contributed by atoms with Crippen LogP contribution in [0.1, 0.15) is 13.8 Å². The minimum Gasteiger partial charge on any atom is -0.478 e. The Morgan fingerprint density at radius 2 is 1.60 bits per heavy atom. The van der Waals surface area contributed by atoms with E-state index in [1.807, 2.05) is 0 Å². The summed E-state index contributed by atoms with van der Waals surface area (Å²) in [7, 11) is 0. The molecule has 2 aliphatic carbocycles. The third-order valence-corrected chi connectivity index (χ3v) is 3.45. The Morgan fingerprint density at radius 1 is 0.920 bits per heavy atom. The minimum atomic E-state index is -1.09. The van der Waals surface area contributed by atoms with E-state index >= 15 is 0 Å². The average molecular weight is 342 g/mol. The highest BCUT2D eigenvalue weighted by molar-refractivity contribution is 6.02. The van der Waals surface area contributed by atoms with Gasteiger partial charge in [0.05, 0.1) is 29.9 Å². The van der Waals surface area contributed by atoms with Crippen LogP contribution in [0.2, 0.25) is 0 Å². The second-order valence-corrected chi connectivity index (χ2v) is 5.09. The van der Waals surface area contributed by atoms with Crippen LogP contribution in [0, 0.1) is 0 Å². The Kier molecular flexibility index (Phi) is 5.89. The first-order chi connectivity index (χ1) is 12.0. The summed E-state index contributed by atoms with van der Waals surface area (Å²) in [4.78, 5) is 35.7. The monoisotopic (exact) mass is 342 g/mol. The predicted molar refractivity (Wildman–Crippen MR) is 90.5 cm³/mol. The number of ether oxygens (including phenoxy) is 2. The lowest BCUT2D eigenvalue weighted by Crippen LogP contribution is -2.12. The molecule has 0 unspecified atom stereocenters. The highest BCUT2D eigenvalue weighted by atomic mass is 16.5. The quantitative estimate of drug-likeness (QED) is 0.772. The first kappa shape index (κ1) is 18.2. The Labute approximate surface area is 145 Å². The lowest BCUT2D eigenvalue weighted by Gasteiger charge is -2.11. The highest BCUT2D eigenvalue weighted by Gasteiger charge is 2.24. The zero-order valence-corrected chi connectivity index (χ0v) is 13.9. The van der Waals surface area contributed by atoms with E-state index in [9.17, 15) is 19.5 Å². The van der Waals surface area contributed by atoms with Gasteiger partial charge in [-0.25, -0.2) is 14.4 Å². The fourth-order valence-corrected chi connectivity index (χ4v) is 2.33. The number of carboxylic acids is 1. The average Bonchev–Trinajstić information content (AvgIpc) is 2.87. The van der Waals surface area contributed by atoms with Crippen molar-refractivity contribution in [2.75, 3.05) is 13.2 Å². The molecular weight excluding hydrogens is 324 g/mol. The molecule has 0 atom stereocenters. The van der Waals surface area contributed by atoms with Crippen molar-refractivity contribution in [1.29, 1.82) is 0 Å². The van der Waals surface area contributed by atoms with Gasteiger partial charge < -0.3 is 14.6 Å². The van der Waals surface area contributed by atoms with Crippen molar-refractivity contribution in [3.63, 3.8) is 0 Å². The number of hydrogen-bond donors (Lipinski definition) is 1. The molecule has 0 spiro atoms. The predicted octanol–water partition coefficient (Wildman–Crippen LogP) is 2.41. The molecule has 2 aliphatic rings. The number of carboxylic acid groups (broad SMARTS) is 1. The zero-order valence-electron chi connectivity index (χ0n) is 13.9. The Hall–Kier alpha value is -3.15. The highest BCUT2D eigenvalue weighted by Crippen LogP contribution is 2.29. The molecular formula is C19H18O6. The number of esters is 2. The molecule has 0 heterocycles. The topological polar surface area (TPSA) is 89.9 Å². The molecule has 0 aromatic rings. The summed E-state index contributed by atoms with van der Waals surface area (Å²) in [5.41, 5.74) is 1.37. The fraction of sp³-hybridized carbons (Fsp3) is 0.211. The van der Waals surface area contributed by atoms with Crippen molar-refractivity contribution in [2.45, 2.75) is 13.8 Å². The second-order valence-electron chi connectivity index (χ2n) is 5.09. The Balaban J connectivity index is 2.58. The molecule has 2 rings (SSSR count). The van der Waals surface area contributed by atoms with Gasteiger partial charge in [-0.15, -0.1) is 0 Å². The van der Waals surface area contributed by atoms with Gasteiger partial charge in [-0.05, 0) is 49.3 Å². The molecule has 0 saturated heterocycles. The maximum Gasteiger partial charge on any atom is 0.338 e. The summed E-state index contributed by atoms with van der Waals surface area (Å²) in [5, 5.41) is 9.23. The molecule has 0 aliphatic heterocycles. The van der Waals surface area contributed by atoms with E-state index in [1.54, 1.807) is 32.1 Å². The molecule has 25 heavy (non-hydrogen) atoms. The van der Waals surface area contributed by atoms with Gasteiger partial charge in [-0.3, -0.25) is 0 Å². The third kappa shape index (κ3) is 4.23. The van der Waals surface area contributed by atoms with Crippen LogP contribution in [0.15, 0.2) is 70.4 Å². The number of rotatable bonds is 5. The van der Waals surface area contributed by atoms with E-state index in [0.29, 0.717) is 11.1 Å². The van der Waals surface area contributed by atoms with Gasteiger partial charge in [0.2, 0.25) is 0 Å². The SMILES string of the molecule is CCOC(=O)C1=CC=C2C=C(C(=O)O)C=CC=C2C(C(=O)OCC)=C1. The van der Waals surface area contributed by atoms with E-state index in [4.69, 9.17) is 9.47 Å². The van der Waals surface area contributed by atoms with Crippen LogP contribution in [0.25, 0.3) is 0 Å². The normalized spacial score (nSPS) is 16.0. The van der Waals surface area contributed by atoms with Crippen molar-refractivity contribution in [3.8, 4) is 0 Å². The Bertz CT molecular complexity index is 787. The van der Waals surface area contributed by atoms with Crippen molar-refractivity contribution >= 4 is 17.9 Å². The number of allylic oxidation sites excluding steroid dienone is 6. The molecule has 6 heteroatoms. The third-order valence-electron chi connectivity index (χ3n) is 3.45. The minimum absolute atomic E-state index is 0.0636. The second kappa shape index (κ2) is 8.10. The van der Waals surface area contributed by atoms with Crippen LogP contribution in [0.3, 0.4) is 0 Å². The first-order valence-corrected chi connectivity index (χ1v) is 7.80. The van der Waals surface area contributed by atoms with Gasteiger partial charge in [0, 0.05) is 0 Å². The summed E-state index contributed by atoms with van der Waals surface area (Å²) < 4.78 is 10.1. The van der Waals surface area contributed by atoms with Crippen LogP contribution in [0.4, 0.5) is 0 Å². The van der Waals surface area contributed by atoms with Gasteiger partial charge >= 0.3 is 17.9 Å². The molecule has 0 fully saturated rings. The first-order valence-electron chi connectivity index (χ1n) is 7.80. The lowest BCUT2D eigenvalue weighted by molar-refractivity contribution is -0.138. The van der Waals surface area contributed by atoms with Crippen molar-refractivity contribution in [2.24, 2.45) is 0 Å². The number of carbonyl (C=O) groups excluding carboxylic acids is 2. The van der Waals surface area contributed by atoms with E-state index < -0.39 is 17.9 Å². The lowest BCUT2D eigenvalue weighted by atomic mass is 9.97. The maximum atomic E-state index is 12.4. The van der Waals surface area contributed by atoms with Crippen molar-refractivity contribution in [3.05, 3.63) is 70.4 Å². The summed E-state index contributed by atoms with van der Waals surface area (Å²) in [6.45, 7) is 3.73. The molecule has 0 aromatic carbocycles. The van der Waals surface area contributed by atoms with Crippen LogP contribution in [-0.4, -0.2) is 36.2 Å². The van der Waals surface area contributed by atoms with Gasteiger partial charge in [0.25, 0.3) is 0 Å². The number of hydrogen-bond acceptors (Lipinski definition) is 5. The van der Waals surface area contributed by atoms with Crippen LogP contribution in [0.5, 0.6) is 0 Å². The van der Waals surface area contributed by atoms with E-state index in [-0.39, 0.29) is 29.9 Å². The van der Waals surface area contributed by atoms with Gasteiger partial charge in [0.15, 0.2) is 0 Å². The van der Waals surface area contributed by atoms with Crippen molar-refractivity contribution in [1.82, 2.24) is 0 Å². The van der Waals surface area contributed by atoms with Gasteiger partial charge in [-0.2, -0.15) is 0 Å². The van der Waals surface area contributed by atoms with E-state index in [0.717, 1.165) is 0 Å². The molecule has 0 amide bonds. The summed E-state index contributed by atoms with van der Waals surface area (Å²) in [5.74, 6) is -2.26. The van der Waals surface area contributed by atoms with Gasteiger partial charge in [-0.1, -0.05) is 18.2 Å². The molecule has 6 nitrogen and oxygen atoms in total. The van der Waals surface area contributed by atoms with Crippen LogP contribution < -0.4 is 0 Å². The van der Waals surface area contributed by atoms with Gasteiger partial charge in [0.1, 0.15) is 0 Å². The van der Waals surface area contributed by atoms with E-state index in [1.165, 1.54) is 24.3 Å². The molecule has 0 radical (unpaired) electrons. The Morgan fingerprint density at radius 3 is 2.24 bits per heavy atom. The smallest absolute Gasteiger partial charge is 0.338 e. The fourth-order valence-electron chi connectivity index (χ4n) is 2.33. The molecule has 0 bridgehead atoms. The molecule has 1 N–H and O–H groups in total. The number of fused-ring (bicyclic) bond motifs is 1. The standard InChI is InChI=1S/C19H18O6/c1-3-24-18(22)14-9-8-12-10-13(17(20)21)6-5-7-15(12)16(11-14)19(23)25-4-2/h5-11H,3-4H2,1-2H3,(H,20,21). The largest absolute Gasteiger partial charge is 0.478 e. The van der Waals surface area contributed by atoms with E-state index in [2.05, 4.69) is 0 Å². The molecule has 130 valence electrons. The van der Waals surface area contributed by atoms with Crippen molar-refractivity contribution < 1.29 is 29.0 Å². The number of aliphatic carboxylic acids is 1.